The molecule has 1 amide bonds. The van der Waals surface area contributed by atoms with E-state index in [4.69, 9.17) is 0 Å². The number of nitrogens with zero attached hydrogens (tertiary/aromatic N) is 1. The van der Waals surface area contributed by atoms with Crippen molar-refractivity contribution < 1.29 is 4.79 Å². The number of carbonyl (C=O) groups is 1. The molecule has 1 rings (SSSR count). The third-order valence-corrected chi connectivity index (χ3v) is 2.00. The highest BCUT2D eigenvalue weighted by Crippen LogP contribution is 2.06. The Kier molecular flexibility index (Phi) is 3.60. The van der Waals surface area contributed by atoms with Gasteiger partial charge < -0.3 is 0 Å². The van der Waals surface area contributed by atoms with Gasteiger partial charge in [-0.05, 0) is 13.8 Å². The second-order valence-corrected chi connectivity index (χ2v) is 3.79. The highest BCUT2D eigenvalue weighted by Gasteiger charge is 2.08. The normalized spacial score (nSPS) is 9.94. The summed E-state index contributed by atoms with van der Waals surface area (Å²) in [6, 6.07) is 0. The van der Waals surface area contributed by atoms with Crippen molar-refractivity contribution in [2.45, 2.75) is 27.2 Å². The molecule has 0 atom stereocenters. The minimum Gasteiger partial charge on any atom is -0.296 e. The van der Waals surface area contributed by atoms with E-state index in [-0.39, 0.29) is 17.4 Å². The van der Waals surface area contributed by atoms with Crippen LogP contribution in [0.3, 0.4) is 0 Å². The summed E-state index contributed by atoms with van der Waals surface area (Å²) in [5, 5.41) is 2.44. The molecule has 1 aromatic heterocycles. The summed E-state index contributed by atoms with van der Waals surface area (Å²) in [6.45, 7) is 8.69. The number of amides is 1. The maximum absolute atomic E-state index is 11.7. The van der Waals surface area contributed by atoms with Gasteiger partial charge in [0.25, 0.3) is 5.56 Å². The van der Waals surface area contributed by atoms with Crippen molar-refractivity contribution in [1.82, 2.24) is 9.97 Å². The third-order valence-electron chi connectivity index (χ3n) is 2.00. The number of nitrogens with one attached hydrogen (secondary N) is 2. The molecule has 1 aromatic rings. The highest BCUT2D eigenvalue weighted by molar-refractivity contribution is 5.86. The molecule has 0 saturated carbocycles. The van der Waals surface area contributed by atoms with Crippen LogP contribution in [0.1, 0.15) is 25.1 Å². The summed E-state index contributed by atoms with van der Waals surface area (Å²) >= 11 is 0. The molecule has 0 bridgehead atoms. The van der Waals surface area contributed by atoms with Gasteiger partial charge in [-0.25, -0.2) is 4.98 Å². The first-order chi connectivity index (χ1) is 7.40. The lowest BCUT2D eigenvalue weighted by atomic mass is 10.1. The SMILES string of the molecule is C=C(C)Cc1c(C)nc(NC(C)=O)[nH]c1=O. The zero-order valence-corrected chi connectivity index (χ0v) is 9.68. The topological polar surface area (TPSA) is 74.8 Å². The molecule has 0 spiro atoms. The van der Waals surface area contributed by atoms with E-state index >= 15 is 0 Å². The summed E-state index contributed by atoms with van der Waals surface area (Å²) in [7, 11) is 0. The van der Waals surface area contributed by atoms with Crippen molar-refractivity contribution in [3.8, 4) is 0 Å². The number of hydrogen-bond acceptors (Lipinski definition) is 3. The molecule has 2 N–H and O–H groups in total. The number of aryl methyl sites for hydroxylation is 1. The second-order valence-electron chi connectivity index (χ2n) is 3.79. The van der Waals surface area contributed by atoms with Crippen molar-refractivity contribution in [3.05, 3.63) is 33.8 Å². The fourth-order valence-corrected chi connectivity index (χ4v) is 1.35. The molecule has 0 aromatic carbocycles. The van der Waals surface area contributed by atoms with Crippen LogP contribution >= 0.6 is 0 Å². The van der Waals surface area contributed by atoms with E-state index in [1.807, 2.05) is 6.92 Å². The second kappa shape index (κ2) is 4.74. The van der Waals surface area contributed by atoms with Gasteiger partial charge in [-0.2, -0.15) is 0 Å². The van der Waals surface area contributed by atoms with Gasteiger partial charge in [0.1, 0.15) is 0 Å². The highest BCUT2D eigenvalue weighted by atomic mass is 16.1. The van der Waals surface area contributed by atoms with Crippen molar-refractivity contribution >= 4 is 11.9 Å². The van der Waals surface area contributed by atoms with Crippen LogP contribution in [0.5, 0.6) is 0 Å². The average Bonchev–Trinajstić information content (AvgIpc) is 2.10. The molecule has 5 nitrogen and oxygen atoms in total. The maximum Gasteiger partial charge on any atom is 0.256 e. The Morgan fingerprint density at radius 2 is 2.12 bits per heavy atom. The van der Waals surface area contributed by atoms with Crippen LogP contribution in [0.2, 0.25) is 0 Å². The summed E-state index contributed by atoms with van der Waals surface area (Å²) in [4.78, 5) is 29.1. The Hall–Kier alpha value is -1.91. The van der Waals surface area contributed by atoms with Crippen molar-refractivity contribution in [1.29, 1.82) is 0 Å². The lowest BCUT2D eigenvalue weighted by molar-refractivity contribution is -0.114. The largest absolute Gasteiger partial charge is 0.296 e. The molecule has 1 heterocycles. The zero-order chi connectivity index (χ0) is 12.3. The minimum absolute atomic E-state index is 0.181. The van der Waals surface area contributed by atoms with Crippen molar-refractivity contribution in [2.75, 3.05) is 5.32 Å². The van der Waals surface area contributed by atoms with Gasteiger partial charge in [-0.1, -0.05) is 12.2 Å². The average molecular weight is 221 g/mol. The Bertz CT molecular complexity index is 488. The number of anilines is 1. The molecule has 0 unspecified atom stereocenters. The Balaban J connectivity index is 3.12. The Morgan fingerprint density at radius 1 is 1.50 bits per heavy atom. The van der Waals surface area contributed by atoms with E-state index in [2.05, 4.69) is 21.9 Å². The standard InChI is InChI=1S/C11H15N3O2/c1-6(2)5-9-7(3)12-11(13-8(4)15)14-10(9)16/h1,5H2,2-4H3,(H2,12,13,14,15,16). The fourth-order valence-electron chi connectivity index (χ4n) is 1.35. The predicted octanol–water partition coefficient (Wildman–Crippen LogP) is 1.16. The molecule has 16 heavy (non-hydrogen) atoms. The van der Waals surface area contributed by atoms with E-state index in [0.29, 0.717) is 17.7 Å². The number of rotatable bonds is 3. The van der Waals surface area contributed by atoms with Crippen LogP contribution in [0.4, 0.5) is 5.95 Å². The van der Waals surface area contributed by atoms with E-state index in [1.54, 1.807) is 6.92 Å². The minimum atomic E-state index is -0.268. The number of aromatic amines is 1. The molecular formula is C11H15N3O2. The van der Waals surface area contributed by atoms with Crippen LogP contribution in [0.25, 0.3) is 0 Å². The predicted molar refractivity (Wildman–Crippen MR) is 62.4 cm³/mol. The van der Waals surface area contributed by atoms with Crippen LogP contribution in [-0.4, -0.2) is 15.9 Å². The Labute approximate surface area is 93.6 Å². The van der Waals surface area contributed by atoms with Gasteiger partial charge in [0.2, 0.25) is 11.9 Å². The molecule has 0 aliphatic carbocycles. The molecule has 0 aliphatic heterocycles. The van der Waals surface area contributed by atoms with Crippen molar-refractivity contribution in [3.63, 3.8) is 0 Å². The quantitative estimate of drug-likeness (QED) is 0.752. The number of H-pyrrole nitrogens is 1. The summed E-state index contributed by atoms with van der Waals surface area (Å²) in [5.74, 6) is -0.0873. The summed E-state index contributed by atoms with van der Waals surface area (Å²) < 4.78 is 0. The van der Waals surface area contributed by atoms with Gasteiger partial charge in [0.15, 0.2) is 0 Å². The van der Waals surface area contributed by atoms with E-state index in [9.17, 15) is 9.59 Å². The number of carbonyl (C=O) groups excluding carboxylic acids is 1. The van der Waals surface area contributed by atoms with Crippen LogP contribution in [0.15, 0.2) is 16.9 Å². The number of aromatic nitrogens is 2. The van der Waals surface area contributed by atoms with E-state index < -0.39 is 0 Å². The number of hydrogen-bond donors (Lipinski definition) is 2. The fraction of sp³-hybridized carbons (Fsp3) is 0.364. The lowest BCUT2D eigenvalue weighted by Crippen LogP contribution is -2.21. The summed E-state index contributed by atoms with van der Waals surface area (Å²) in [6.07, 6.45) is 0.495. The van der Waals surface area contributed by atoms with Crippen LogP contribution in [-0.2, 0) is 11.2 Å². The van der Waals surface area contributed by atoms with Gasteiger partial charge in [-0.3, -0.25) is 19.9 Å². The van der Waals surface area contributed by atoms with Gasteiger partial charge in [-0.15, -0.1) is 0 Å². The smallest absolute Gasteiger partial charge is 0.256 e. The first-order valence-electron chi connectivity index (χ1n) is 4.92. The van der Waals surface area contributed by atoms with Gasteiger partial charge in [0.05, 0.1) is 5.69 Å². The summed E-state index contributed by atoms with van der Waals surface area (Å²) in [5.41, 5.74) is 1.85. The Morgan fingerprint density at radius 3 is 2.56 bits per heavy atom. The van der Waals surface area contributed by atoms with Gasteiger partial charge >= 0.3 is 0 Å². The van der Waals surface area contributed by atoms with Crippen LogP contribution in [0, 0.1) is 6.92 Å². The van der Waals surface area contributed by atoms with E-state index in [1.165, 1.54) is 6.92 Å². The molecule has 0 saturated heterocycles. The molecular weight excluding hydrogens is 206 g/mol. The van der Waals surface area contributed by atoms with Crippen LogP contribution < -0.4 is 10.9 Å². The lowest BCUT2D eigenvalue weighted by Gasteiger charge is -2.06. The number of allylic oxidation sites excluding steroid dienone is 1. The first kappa shape index (κ1) is 12.2. The molecule has 0 aliphatic rings. The van der Waals surface area contributed by atoms with E-state index in [0.717, 1.165) is 5.57 Å². The maximum atomic E-state index is 11.7. The van der Waals surface area contributed by atoms with Gasteiger partial charge in [0, 0.05) is 18.9 Å². The monoisotopic (exact) mass is 221 g/mol. The zero-order valence-electron chi connectivity index (χ0n) is 9.68. The molecule has 0 fully saturated rings. The third kappa shape index (κ3) is 3.05. The molecule has 86 valence electrons. The molecule has 5 heteroatoms. The first-order valence-corrected chi connectivity index (χ1v) is 4.92. The van der Waals surface area contributed by atoms with Crippen molar-refractivity contribution in [2.24, 2.45) is 0 Å². The molecule has 0 radical (unpaired) electrons.